The second-order valence-corrected chi connectivity index (χ2v) is 8.38. The molecule has 0 aliphatic rings. The van der Waals surface area contributed by atoms with Crippen molar-refractivity contribution in [3.63, 3.8) is 0 Å². The van der Waals surface area contributed by atoms with Crippen LogP contribution >= 0.6 is 27.3 Å². The van der Waals surface area contributed by atoms with Gasteiger partial charge in [-0.15, -0.1) is 11.3 Å². The molecule has 0 bridgehead atoms. The van der Waals surface area contributed by atoms with Gasteiger partial charge in [0.15, 0.2) is 0 Å². The number of nitrogens with one attached hydrogen (secondary N) is 1. The Balaban J connectivity index is 1.89. The van der Waals surface area contributed by atoms with Gasteiger partial charge in [-0.1, -0.05) is 0 Å². The van der Waals surface area contributed by atoms with Crippen LogP contribution in [0.2, 0.25) is 0 Å². The summed E-state index contributed by atoms with van der Waals surface area (Å²) >= 11 is 4.33. The molecule has 0 fully saturated rings. The predicted octanol–water partition coefficient (Wildman–Crippen LogP) is 3.60. The molecular weight excluding hydrogens is 489 g/mol. The van der Waals surface area contributed by atoms with Crippen molar-refractivity contribution in [2.75, 3.05) is 11.8 Å². The van der Waals surface area contributed by atoms with E-state index in [-0.39, 0.29) is 4.90 Å². The number of hydrogen-bond acceptors (Lipinski definition) is 8. The maximum atomic E-state index is 13.1. The van der Waals surface area contributed by atoms with Crippen molar-refractivity contribution >= 4 is 53.5 Å². The topological polar surface area (TPSA) is 103 Å². The molecule has 0 saturated heterocycles. The molecule has 0 saturated carbocycles. The van der Waals surface area contributed by atoms with Crippen molar-refractivity contribution in [3.8, 4) is 11.6 Å². The lowest BCUT2D eigenvalue weighted by Gasteiger charge is -2.13. The zero-order chi connectivity index (χ0) is 20.5. The zero-order valence-corrected chi connectivity index (χ0v) is 17.0. The molecular formula is C14H10BrF3N4O4S2. The monoisotopic (exact) mass is 498 g/mol. The Bertz CT molecular complexity index is 1110. The number of pyridine rings is 1. The van der Waals surface area contributed by atoms with Crippen molar-refractivity contribution in [1.82, 2.24) is 15.0 Å². The first kappa shape index (κ1) is 20.5. The van der Waals surface area contributed by atoms with Crippen molar-refractivity contribution < 1.29 is 31.1 Å². The lowest BCUT2D eigenvalue weighted by Crippen LogP contribution is -2.20. The van der Waals surface area contributed by atoms with Crippen LogP contribution in [0.5, 0.6) is 11.6 Å². The Hall–Kier alpha value is -2.19. The number of ether oxygens (including phenoxy) is 2. The molecule has 1 atom stereocenters. The molecule has 3 heterocycles. The minimum Gasteiger partial charge on any atom is -0.478 e. The first-order valence-corrected chi connectivity index (χ1v) is 10.4. The third-order valence-electron chi connectivity index (χ3n) is 3.24. The summed E-state index contributed by atoms with van der Waals surface area (Å²) in [7, 11) is -2.97. The van der Waals surface area contributed by atoms with E-state index in [4.69, 9.17) is 4.74 Å². The fraction of sp³-hybridized carbons (Fsp3) is 0.214. The molecule has 3 aromatic rings. The summed E-state index contributed by atoms with van der Waals surface area (Å²) in [6.45, 7) is 0. The first-order valence-electron chi connectivity index (χ1n) is 7.27. The van der Waals surface area contributed by atoms with Crippen LogP contribution in [0, 0.1) is 0 Å². The van der Waals surface area contributed by atoms with E-state index in [0.29, 0.717) is 14.8 Å². The van der Waals surface area contributed by atoms with Crippen LogP contribution < -0.4 is 14.2 Å². The average Bonchev–Trinajstić information content (AvgIpc) is 3.06. The summed E-state index contributed by atoms with van der Waals surface area (Å²) in [5, 5.41) is 1.79. The van der Waals surface area contributed by atoms with Crippen molar-refractivity contribution in [1.29, 1.82) is 0 Å². The molecule has 150 valence electrons. The van der Waals surface area contributed by atoms with E-state index in [1.54, 1.807) is 12.1 Å². The number of halogens is 4. The van der Waals surface area contributed by atoms with Gasteiger partial charge in [-0.3, -0.25) is 0 Å². The Morgan fingerprint density at radius 2 is 2.00 bits per heavy atom. The summed E-state index contributed by atoms with van der Waals surface area (Å²) in [4.78, 5) is 12.0. The third-order valence-corrected chi connectivity index (χ3v) is 6.08. The highest BCUT2D eigenvalue weighted by atomic mass is 79.9. The Morgan fingerprint density at radius 1 is 1.25 bits per heavy atom. The minimum atomic E-state index is -4.09. The van der Waals surface area contributed by atoms with E-state index in [9.17, 15) is 21.6 Å². The van der Waals surface area contributed by atoms with Gasteiger partial charge in [-0.2, -0.15) is 9.37 Å². The van der Waals surface area contributed by atoms with Gasteiger partial charge in [-0.25, -0.2) is 31.9 Å². The fourth-order valence-electron chi connectivity index (χ4n) is 2.06. The highest BCUT2D eigenvalue weighted by Crippen LogP contribution is 2.31. The molecule has 1 N–H and O–H groups in total. The third kappa shape index (κ3) is 4.28. The van der Waals surface area contributed by atoms with Crippen LogP contribution in [-0.4, -0.2) is 43.3 Å². The van der Waals surface area contributed by atoms with E-state index in [1.807, 2.05) is 0 Å². The maximum Gasteiger partial charge on any atom is 0.304 e. The number of nitrogens with zero attached hydrogens (tertiary/aromatic N) is 3. The molecule has 0 spiro atoms. The number of hydrogen-bond donors (Lipinski definition) is 1. The molecule has 3 rings (SSSR count). The van der Waals surface area contributed by atoms with E-state index < -0.39 is 40.4 Å². The zero-order valence-electron chi connectivity index (χ0n) is 13.8. The van der Waals surface area contributed by atoms with Crippen molar-refractivity contribution in [2.45, 2.75) is 17.7 Å². The van der Waals surface area contributed by atoms with Gasteiger partial charge in [-0.05, 0) is 28.1 Å². The number of sulfonamides is 1. The smallest absolute Gasteiger partial charge is 0.304 e. The normalized spacial score (nSPS) is 12.9. The van der Waals surface area contributed by atoms with Gasteiger partial charge >= 0.3 is 6.43 Å². The van der Waals surface area contributed by atoms with E-state index in [2.05, 4.69) is 40.3 Å². The number of anilines is 1. The largest absolute Gasteiger partial charge is 0.478 e. The molecule has 28 heavy (non-hydrogen) atoms. The summed E-state index contributed by atoms with van der Waals surface area (Å²) in [6, 6.07) is 3.18. The number of fused-ring (bicyclic) bond motifs is 1. The van der Waals surface area contributed by atoms with Gasteiger partial charge < -0.3 is 9.47 Å². The standard InChI is InChI=1S/C14H10BrF3N4O4S2/c1-25-12-7(26-11(18)10(16)17)4-19-14(21-12)22-28(23,24)8-5-27-13-6(8)2-3-9(15)20-13/h2-5,10-11H,1H3,(H,19,21,22). The molecule has 1 unspecified atom stereocenters. The highest BCUT2D eigenvalue weighted by Gasteiger charge is 2.25. The first-order chi connectivity index (χ1) is 13.2. The second kappa shape index (κ2) is 8.05. The summed E-state index contributed by atoms with van der Waals surface area (Å²) in [6.07, 6.45) is -5.48. The van der Waals surface area contributed by atoms with Gasteiger partial charge in [0.2, 0.25) is 11.7 Å². The van der Waals surface area contributed by atoms with Gasteiger partial charge in [0, 0.05) is 10.8 Å². The van der Waals surface area contributed by atoms with Crippen molar-refractivity contribution in [3.05, 3.63) is 28.3 Å². The van der Waals surface area contributed by atoms with Gasteiger partial charge in [0.05, 0.1) is 13.3 Å². The van der Waals surface area contributed by atoms with Crippen LogP contribution in [0.4, 0.5) is 19.1 Å². The lowest BCUT2D eigenvalue weighted by molar-refractivity contribution is -0.0681. The predicted molar refractivity (Wildman–Crippen MR) is 98.2 cm³/mol. The maximum absolute atomic E-state index is 13.1. The highest BCUT2D eigenvalue weighted by molar-refractivity contribution is 9.10. The quantitative estimate of drug-likeness (QED) is 0.496. The number of aromatic nitrogens is 3. The molecule has 0 aliphatic carbocycles. The Labute approximate surface area is 168 Å². The van der Waals surface area contributed by atoms with Crippen LogP contribution in [-0.2, 0) is 10.0 Å². The fourth-order valence-corrected chi connectivity index (χ4v) is 4.90. The van der Waals surface area contributed by atoms with E-state index >= 15 is 0 Å². The van der Waals surface area contributed by atoms with Gasteiger partial charge in [0.1, 0.15) is 14.3 Å². The lowest BCUT2D eigenvalue weighted by atomic mass is 10.3. The van der Waals surface area contributed by atoms with Crippen LogP contribution in [0.25, 0.3) is 10.2 Å². The van der Waals surface area contributed by atoms with Crippen LogP contribution in [0.1, 0.15) is 0 Å². The molecule has 0 amide bonds. The number of thiophene rings is 1. The molecule has 14 heteroatoms. The Kier molecular flexibility index (Phi) is 5.90. The number of methoxy groups -OCH3 is 1. The molecule has 3 aromatic heterocycles. The number of rotatable bonds is 7. The van der Waals surface area contributed by atoms with Crippen molar-refractivity contribution in [2.24, 2.45) is 0 Å². The van der Waals surface area contributed by atoms with Crippen LogP contribution in [0.15, 0.2) is 33.2 Å². The molecule has 8 nitrogen and oxygen atoms in total. The second-order valence-electron chi connectivity index (χ2n) is 5.06. The Morgan fingerprint density at radius 3 is 2.68 bits per heavy atom. The minimum absolute atomic E-state index is 0.0445. The SMILES string of the molecule is COc1nc(NS(=O)(=O)c2csc3nc(Br)ccc23)ncc1OC(F)C(F)F. The molecule has 0 aromatic carbocycles. The van der Waals surface area contributed by atoms with E-state index in [1.165, 1.54) is 5.38 Å². The summed E-state index contributed by atoms with van der Waals surface area (Å²) in [5.41, 5.74) is 0. The summed E-state index contributed by atoms with van der Waals surface area (Å²) in [5.74, 6) is -1.34. The average molecular weight is 499 g/mol. The number of alkyl halides is 3. The molecule has 0 radical (unpaired) electrons. The summed E-state index contributed by atoms with van der Waals surface area (Å²) < 4.78 is 74.8. The van der Waals surface area contributed by atoms with E-state index in [0.717, 1.165) is 24.6 Å². The van der Waals surface area contributed by atoms with Crippen LogP contribution in [0.3, 0.4) is 0 Å². The molecule has 0 aliphatic heterocycles. The van der Waals surface area contributed by atoms with Gasteiger partial charge in [0.25, 0.3) is 22.3 Å².